The van der Waals surface area contributed by atoms with Crippen LogP contribution in [0.2, 0.25) is 0 Å². The average Bonchev–Trinajstić information content (AvgIpc) is 2.95. The van der Waals surface area contributed by atoms with Crippen LogP contribution in [-0.2, 0) is 21.2 Å². The van der Waals surface area contributed by atoms with Crippen LogP contribution in [0.5, 0.6) is 0 Å². The molecule has 0 saturated carbocycles. The summed E-state index contributed by atoms with van der Waals surface area (Å²) in [4.78, 5) is 24.1. The van der Waals surface area contributed by atoms with Crippen molar-refractivity contribution in [1.29, 1.82) is 0 Å². The molecule has 0 fully saturated rings. The van der Waals surface area contributed by atoms with Crippen molar-refractivity contribution in [2.75, 3.05) is 23.7 Å². The molecule has 0 spiro atoms. The average molecular weight is 353 g/mol. The second kappa shape index (κ2) is 7.21. The highest BCUT2D eigenvalue weighted by atomic mass is 32.2. The molecule has 7 nitrogen and oxygen atoms in total. The van der Waals surface area contributed by atoms with Crippen LogP contribution < -0.4 is 14.9 Å². The van der Waals surface area contributed by atoms with E-state index in [0.29, 0.717) is 30.8 Å². The Morgan fingerprint density at radius 3 is 2.67 bits per heavy atom. The van der Waals surface area contributed by atoms with Gasteiger partial charge in [0.1, 0.15) is 6.04 Å². The highest BCUT2D eigenvalue weighted by molar-refractivity contribution is 7.92. The predicted octanol–water partition coefficient (Wildman–Crippen LogP) is 0.653. The molecule has 0 aliphatic carbocycles. The monoisotopic (exact) mass is 353 g/mol. The third kappa shape index (κ3) is 4.05. The lowest BCUT2D eigenvalue weighted by molar-refractivity contribution is -0.122. The first kappa shape index (κ1) is 18.3. The van der Waals surface area contributed by atoms with Gasteiger partial charge in [-0.3, -0.25) is 13.9 Å². The summed E-state index contributed by atoms with van der Waals surface area (Å²) < 4.78 is 24.8. The van der Waals surface area contributed by atoms with Crippen molar-refractivity contribution in [2.24, 2.45) is 0 Å². The molecule has 1 aliphatic heterocycles. The van der Waals surface area contributed by atoms with E-state index in [2.05, 4.69) is 10.6 Å². The van der Waals surface area contributed by atoms with Gasteiger partial charge in [0.05, 0.1) is 11.9 Å². The second-order valence-electron chi connectivity index (χ2n) is 5.91. The van der Waals surface area contributed by atoms with E-state index < -0.39 is 16.1 Å². The van der Waals surface area contributed by atoms with Crippen LogP contribution in [-0.4, -0.2) is 45.6 Å². The predicted molar refractivity (Wildman–Crippen MR) is 92.6 cm³/mol. The fourth-order valence-corrected chi connectivity index (χ4v) is 3.56. The van der Waals surface area contributed by atoms with E-state index in [4.69, 9.17) is 0 Å². The molecule has 1 aliphatic rings. The smallest absolute Gasteiger partial charge is 0.251 e. The molecule has 2 amide bonds. The maximum atomic E-state index is 12.3. The highest BCUT2D eigenvalue weighted by Gasteiger charge is 2.27. The molecule has 1 aromatic carbocycles. The van der Waals surface area contributed by atoms with Gasteiger partial charge in [-0.2, -0.15) is 0 Å². The van der Waals surface area contributed by atoms with Crippen molar-refractivity contribution >= 4 is 27.5 Å². The van der Waals surface area contributed by atoms with E-state index in [0.717, 1.165) is 12.0 Å². The summed E-state index contributed by atoms with van der Waals surface area (Å²) >= 11 is 0. The van der Waals surface area contributed by atoms with Gasteiger partial charge in [-0.15, -0.1) is 0 Å². The molecule has 2 N–H and O–H groups in total. The van der Waals surface area contributed by atoms with Crippen LogP contribution in [0.15, 0.2) is 18.2 Å². The SMILES string of the molecule is CCCNC(=O)[C@@H](C)NC(=O)c1ccc2c(c1)CCN2S(C)(=O)=O. The van der Waals surface area contributed by atoms with E-state index >= 15 is 0 Å². The Balaban J connectivity index is 2.09. The lowest BCUT2D eigenvalue weighted by Gasteiger charge is -2.17. The number of nitrogens with one attached hydrogen (secondary N) is 2. The molecule has 132 valence electrons. The van der Waals surface area contributed by atoms with Crippen LogP contribution in [0.4, 0.5) is 5.69 Å². The molecule has 0 aromatic heterocycles. The first-order valence-electron chi connectivity index (χ1n) is 7.93. The molecular formula is C16H23N3O4S. The third-order valence-electron chi connectivity index (χ3n) is 3.89. The number of hydrogen-bond donors (Lipinski definition) is 2. The minimum absolute atomic E-state index is 0.227. The molecule has 1 aromatic rings. The van der Waals surface area contributed by atoms with Crippen LogP contribution in [0, 0.1) is 0 Å². The lowest BCUT2D eigenvalue weighted by Crippen LogP contribution is -2.45. The molecule has 0 unspecified atom stereocenters. The Bertz CT molecular complexity index is 746. The number of benzene rings is 1. The number of carbonyl (C=O) groups excluding carboxylic acids is 2. The molecule has 0 saturated heterocycles. The number of sulfonamides is 1. The third-order valence-corrected chi connectivity index (χ3v) is 5.06. The van der Waals surface area contributed by atoms with Crippen molar-refractivity contribution in [3.8, 4) is 0 Å². The zero-order valence-corrected chi connectivity index (χ0v) is 14.9. The number of rotatable bonds is 6. The van der Waals surface area contributed by atoms with E-state index in [-0.39, 0.29) is 11.8 Å². The fraction of sp³-hybridized carbons (Fsp3) is 0.500. The van der Waals surface area contributed by atoms with E-state index in [1.54, 1.807) is 25.1 Å². The van der Waals surface area contributed by atoms with Crippen molar-refractivity contribution in [2.45, 2.75) is 32.7 Å². The van der Waals surface area contributed by atoms with Gasteiger partial charge in [0.2, 0.25) is 15.9 Å². The topological polar surface area (TPSA) is 95.6 Å². The van der Waals surface area contributed by atoms with Gasteiger partial charge in [0, 0.05) is 18.7 Å². The second-order valence-corrected chi connectivity index (χ2v) is 7.82. The summed E-state index contributed by atoms with van der Waals surface area (Å²) in [5.41, 5.74) is 1.85. The molecule has 0 bridgehead atoms. The first-order valence-corrected chi connectivity index (χ1v) is 9.78. The van der Waals surface area contributed by atoms with Crippen molar-refractivity contribution in [1.82, 2.24) is 10.6 Å². The number of fused-ring (bicyclic) bond motifs is 1. The molecule has 24 heavy (non-hydrogen) atoms. The Labute approximate surface area is 142 Å². The minimum Gasteiger partial charge on any atom is -0.354 e. The van der Waals surface area contributed by atoms with Gasteiger partial charge >= 0.3 is 0 Å². The molecule has 2 rings (SSSR count). The fourth-order valence-electron chi connectivity index (χ4n) is 2.60. The molecular weight excluding hydrogens is 330 g/mol. The Morgan fingerprint density at radius 2 is 2.04 bits per heavy atom. The summed E-state index contributed by atoms with van der Waals surface area (Å²) in [6.07, 6.45) is 2.56. The number of amides is 2. The normalized spacial score (nSPS) is 14.9. The van der Waals surface area contributed by atoms with Gasteiger partial charge in [-0.05, 0) is 43.5 Å². The molecule has 8 heteroatoms. The lowest BCUT2D eigenvalue weighted by atomic mass is 10.1. The van der Waals surface area contributed by atoms with Crippen molar-refractivity contribution < 1.29 is 18.0 Å². The zero-order valence-electron chi connectivity index (χ0n) is 14.1. The van der Waals surface area contributed by atoms with Crippen molar-refractivity contribution in [3.05, 3.63) is 29.3 Å². The number of nitrogens with zero attached hydrogens (tertiary/aromatic N) is 1. The van der Waals surface area contributed by atoms with E-state index in [1.807, 2.05) is 6.92 Å². The van der Waals surface area contributed by atoms with Crippen LogP contribution in [0.3, 0.4) is 0 Å². The highest BCUT2D eigenvalue weighted by Crippen LogP contribution is 2.30. The molecule has 1 atom stereocenters. The zero-order chi connectivity index (χ0) is 17.9. The Hall–Kier alpha value is -2.09. The maximum Gasteiger partial charge on any atom is 0.251 e. The van der Waals surface area contributed by atoms with Gasteiger partial charge in [-0.1, -0.05) is 6.92 Å². The summed E-state index contributed by atoms with van der Waals surface area (Å²) in [6, 6.07) is 4.27. The number of anilines is 1. The largest absolute Gasteiger partial charge is 0.354 e. The molecule has 0 radical (unpaired) electrons. The summed E-state index contributed by atoms with van der Waals surface area (Å²) in [6.45, 7) is 4.53. The van der Waals surface area contributed by atoms with Crippen molar-refractivity contribution in [3.63, 3.8) is 0 Å². The maximum absolute atomic E-state index is 12.3. The summed E-state index contributed by atoms with van der Waals surface area (Å²) in [7, 11) is -3.31. The van der Waals surface area contributed by atoms with Crippen LogP contribution in [0.1, 0.15) is 36.2 Å². The van der Waals surface area contributed by atoms with E-state index in [1.165, 1.54) is 10.6 Å². The number of hydrogen-bond acceptors (Lipinski definition) is 4. The first-order chi connectivity index (χ1) is 11.2. The van der Waals surface area contributed by atoms with Gasteiger partial charge < -0.3 is 10.6 Å². The molecule has 1 heterocycles. The standard InChI is InChI=1S/C16H23N3O4S/c1-4-8-17-15(20)11(2)18-16(21)13-5-6-14-12(10-13)7-9-19(14)24(3,22)23/h5-6,10-11H,4,7-9H2,1-3H3,(H,17,20)(H,18,21)/t11-/m1/s1. The van der Waals surface area contributed by atoms with E-state index in [9.17, 15) is 18.0 Å². The quantitative estimate of drug-likeness (QED) is 0.785. The van der Waals surface area contributed by atoms with Gasteiger partial charge in [0.25, 0.3) is 5.91 Å². The van der Waals surface area contributed by atoms with Crippen LogP contribution >= 0.6 is 0 Å². The Morgan fingerprint density at radius 1 is 1.33 bits per heavy atom. The summed E-state index contributed by atoms with van der Waals surface area (Å²) in [5.74, 6) is -0.579. The Kier molecular flexibility index (Phi) is 5.48. The minimum atomic E-state index is -3.31. The van der Waals surface area contributed by atoms with Gasteiger partial charge in [-0.25, -0.2) is 8.42 Å². The number of carbonyl (C=O) groups is 2. The summed E-state index contributed by atoms with van der Waals surface area (Å²) in [5, 5.41) is 5.38. The van der Waals surface area contributed by atoms with Crippen LogP contribution in [0.25, 0.3) is 0 Å². The van der Waals surface area contributed by atoms with Gasteiger partial charge in [0.15, 0.2) is 0 Å².